The maximum atomic E-state index is 9.80. The molecule has 0 saturated heterocycles. The van der Waals surface area contributed by atoms with Crippen LogP contribution in [0.3, 0.4) is 0 Å². The van der Waals surface area contributed by atoms with E-state index < -0.39 is 27.4 Å². The Morgan fingerprint density at radius 1 is 0.885 bits per heavy atom. The van der Waals surface area contributed by atoms with Crippen LogP contribution in [0.2, 0.25) is 10.2 Å². The number of ether oxygens (including phenoxy) is 5. The molecule has 0 amide bonds. The minimum absolute atomic E-state index is 0. The zero-order chi connectivity index (χ0) is 47.8. The van der Waals surface area contributed by atoms with Gasteiger partial charge in [0.25, 0.3) is 6.47 Å². The Morgan fingerprint density at radius 3 is 1.90 bits per heavy atom. The fourth-order valence-corrected chi connectivity index (χ4v) is 4.79. The normalized spacial score (nSPS) is 14.3. The molecule has 3 N–H and O–H groups in total. The van der Waals surface area contributed by atoms with Gasteiger partial charge in [-0.1, -0.05) is 35.3 Å². The molecule has 2 aliphatic rings. The van der Waals surface area contributed by atoms with Gasteiger partial charge in [0.15, 0.2) is 0 Å². The summed E-state index contributed by atoms with van der Waals surface area (Å²) in [5, 5.41) is 46.4. The molecule has 2 aromatic heterocycles. The monoisotopic (exact) mass is 1000 g/mol. The topological polar surface area (TPSA) is 233 Å². The van der Waals surface area contributed by atoms with E-state index in [4.69, 9.17) is 85.3 Å². The van der Waals surface area contributed by atoms with E-state index in [-0.39, 0.29) is 162 Å². The molecule has 2 aromatic carbocycles. The fraction of sp³-hybridized carbons (Fsp3) is 0.316. The second-order valence-electron chi connectivity index (χ2n) is 12.1. The zero-order valence-corrected chi connectivity index (χ0v) is 41.0. The van der Waals surface area contributed by atoms with Crippen LogP contribution < -0.4 is 99.3 Å². The number of nitriles is 1. The molecule has 0 bridgehead atoms. The number of hydrogen-bond donors (Lipinski definition) is 3. The number of fused-ring (bicyclic) bond motifs is 2. The molecular weight excluding hydrogens is 960 g/mol. The van der Waals surface area contributed by atoms with Crippen molar-refractivity contribution in [2.75, 3.05) is 26.4 Å². The van der Waals surface area contributed by atoms with Gasteiger partial charge >= 0.3 is 83.1 Å². The minimum atomic E-state index is -2.18. The first kappa shape index (κ1) is 46.9. The zero-order valence-electron chi connectivity index (χ0n) is 37.3. The standard InChI is InChI=1S/C19H18BN3O5.C11H12Cl2N2O2.C7H7BO3.CH2O3.Cs/c1-12(2)25-6-7-26-19-17(22-3)9-13(10-21)18(23-19)28-15-4-5-16-14(8-15)11-27-20(16)24;1-7(2)16-4-5-17-11-9(14-3)6-8(12)10(13)15-11;9-6-1-2-7-5(3-6)4-11-8(7)10;2-1-4-3;/h4-5,8-9,12,24H,6-7,11H2,1-2H3;6-7H,4-5H2,1-2H3;1-3,9-10H,4H2;1,3H;/q;;;;+1/p-1/i11D2;;4D2;;. The van der Waals surface area contributed by atoms with Gasteiger partial charge in [-0.15, -0.1) is 0 Å². The fourth-order valence-electron chi connectivity index (χ4n) is 4.51. The Labute approximate surface area is 427 Å². The average Bonchev–Trinajstić information content (AvgIpc) is 3.62. The summed E-state index contributed by atoms with van der Waals surface area (Å²) in [5.41, 5.74) is 1.27. The van der Waals surface area contributed by atoms with Crippen molar-refractivity contribution in [2.45, 2.75) is 53.0 Å². The number of phenolic OH excluding ortho intramolecular Hbond substituents is 1. The van der Waals surface area contributed by atoms with E-state index in [9.17, 15) is 15.3 Å². The molecule has 4 aromatic rings. The second kappa shape index (κ2) is 28.1. The van der Waals surface area contributed by atoms with Crippen molar-refractivity contribution in [3.05, 3.63) is 98.2 Å². The summed E-state index contributed by atoms with van der Waals surface area (Å²) >= 11 is 11.5. The van der Waals surface area contributed by atoms with E-state index in [1.807, 2.05) is 33.8 Å². The summed E-state index contributed by atoms with van der Waals surface area (Å²) in [5.74, 6) is 0.234. The number of carbonyl (C=O) groups excluding carboxylic acids is 1. The van der Waals surface area contributed by atoms with E-state index >= 15 is 0 Å². The number of nitrogens with zero attached hydrogens (tertiary/aromatic N) is 5. The van der Waals surface area contributed by atoms with E-state index in [1.165, 1.54) is 48.5 Å². The summed E-state index contributed by atoms with van der Waals surface area (Å²) in [6.07, 6.45) is 0.172. The van der Waals surface area contributed by atoms with Crippen LogP contribution in [0.1, 0.15) is 49.9 Å². The Morgan fingerprint density at radius 2 is 1.39 bits per heavy atom. The minimum Gasteiger partial charge on any atom is -0.662 e. The quantitative estimate of drug-likeness (QED) is 0.0324. The maximum Gasteiger partial charge on any atom is 1.00 e. The van der Waals surface area contributed by atoms with Crippen molar-refractivity contribution in [2.24, 2.45) is 0 Å². The molecule has 0 atom stereocenters. The SMILES string of the molecule is O=CO[O-].[2H]C1([2H])OB(O)c2ccc(O)cc21.[2H]C1([2H])OB(O)c2ccc(Oc3nc(OCCOC(C)C)c([N+]#[C-])cc3C#N)cc21.[C-]#[N+]c1cc(Cl)c(Cl)nc1OCCOC(C)C.[Cs+]. The third-order valence-corrected chi connectivity index (χ3v) is 7.80. The molecule has 61 heavy (non-hydrogen) atoms. The Balaban J connectivity index is 0.000000349. The van der Waals surface area contributed by atoms with Gasteiger partial charge in [-0.25, -0.2) is 14.7 Å². The first-order chi connectivity index (χ1) is 30.2. The second-order valence-corrected chi connectivity index (χ2v) is 12.8. The third-order valence-electron chi connectivity index (χ3n) is 7.13. The molecule has 23 heteroatoms. The molecule has 0 radical (unpaired) electrons. The van der Waals surface area contributed by atoms with E-state index in [2.05, 4.69) is 29.2 Å². The van der Waals surface area contributed by atoms with Gasteiger partial charge < -0.3 is 58.3 Å². The van der Waals surface area contributed by atoms with Gasteiger partial charge in [-0.3, -0.25) is 4.79 Å². The number of hydrogen-bond acceptors (Lipinski definition) is 16. The van der Waals surface area contributed by atoms with Crippen LogP contribution in [0.25, 0.3) is 9.69 Å². The van der Waals surface area contributed by atoms with Gasteiger partial charge in [0.1, 0.15) is 41.5 Å². The molecule has 2 aliphatic heterocycles. The van der Waals surface area contributed by atoms with Crippen molar-refractivity contribution in [3.63, 3.8) is 0 Å². The number of aromatic hydroxyl groups is 1. The van der Waals surface area contributed by atoms with Crippen molar-refractivity contribution in [1.82, 2.24) is 9.97 Å². The number of carbonyl (C=O) groups is 1. The molecule has 0 fully saturated rings. The maximum absolute atomic E-state index is 9.80. The summed E-state index contributed by atoms with van der Waals surface area (Å²) < 4.78 is 67.2. The first-order valence-electron chi connectivity index (χ1n) is 19.4. The summed E-state index contributed by atoms with van der Waals surface area (Å²) in [4.78, 5) is 25.9. The number of aromatic nitrogens is 2. The smallest absolute Gasteiger partial charge is 0.662 e. The Kier molecular flexibility index (Phi) is 21.6. The van der Waals surface area contributed by atoms with Crippen LogP contribution in [0.15, 0.2) is 48.5 Å². The third kappa shape index (κ3) is 17.6. The molecule has 18 nitrogen and oxygen atoms in total. The summed E-state index contributed by atoms with van der Waals surface area (Å²) in [6, 6.07) is 13.1. The van der Waals surface area contributed by atoms with Crippen LogP contribution in [0.5, 0.6) is 29.1 Å². The van der Waals surface area contributed by atoms with Gasteiger partial charge in [-0.05, 0) is 86.1 Å². The Bertz CT molecular complexity index is 2380. The van der Waals surface area contributed by atoms with E-state index in [0.29, 0.717) is 30.7 Å². The predicted octanol–water partition coefficient (Wildman–Crippen LogP) is 1.11. The average molecular weight is 1000 g/mol. The van der Waals surface area contributed by atoms with Gasteiger partial charge in [0.2, 0.25) is 29.0 Å². The molecule has 4 heterocycles. The number of benzene rings is 2. The van der Waals surface area contributed by atoms with Gasteiger partial charge in [-0.2, -0.15) is 10.2 Å². The van der Waals surface area contributed by atoms with E-state index in [1.54, 1.807) is 0 Å². The van der Waals surface area contributed by atoms with Crippen LogP contribution in [0, 0.1) is 24.5 Å². The summed E-state index contributed by atoms with van der Waals surface area (Å²) in [6.45, 7) is 18.7. The molecule has 0 unspecified atom stereocenters. The van der Waals surface area contributed by atoms with Crippen molar-refractivity contribution < 1.29 is 137 Å². The number of pyridine rings is 2. The molecular formula is C38H38B2Cl2CsN5O13. The van der Waals surface area contributed by atoms with Crippen molar-refractivity contribution in [3.8, 4) is 35.2 Å². The van der Waals surface area contributed by atoms with Crippen LogP contribution >= 0.6 is 23.2 Å². The predicted molar refractivity (Wildman–Crippen MR) is 215 cm³/mol. The number of rotatable bonds is 13. The van der Waals surface area contributed by atoms with Crippen molar-refractivity contribution >= 4 is 66.2 Å². The Hall–Kier alpha value is -3.64. The molecule has 0 aliphatic carbocycles. The van der Waals surface area contributed by atoms with Crippen molar-refractivity contribution in [1.29, 1.82) is 5.26 Å². The summed E-state index contributed by atoms with van der Waals surface area (Å²) in [7, 11) is -2.62. The molecule has 0 spiro atoms. The molecule has 6 rings (SSSR count). The van der Waals surface area contributed by atoms with Crippen LogP contribution in [0.4, 0.5) is 11.4 Å². The van der Waals surface area contributed by atoms with Crippen LogP contribution in [-0.2, 0) is 41.6 Å². The van der Waals surface area contributed by atoms with E-state index in [0.717, 1.165) is 0 Å². The van der Waals surface area contributed by atoms with Gasteiger partial charge in [0.05, 0.1) is 62.2 Å². The number of halogens is 2. The number of phenols is 1. The molecule has 314 valence electrons. The largest absolute Gasteiger partial charge is 1.00 e. The van der Waals surface area contributed by atoms with Gasteiger partial charge in [0, 0.05) is 0 Å². The first-order valence-corrected chi connectivity index (χ1v) is 18.1. The molecule has 0 saturated carbocycles. The van der Waals surface area contributed by atoms with Crippen LogP contribution in [-0.4, -0.2) is 84.5 Å².